The number of hydrogen-bond donors (Lipinski definition) is 0. The van der Waals surface area contributed by atoms with Gasteiger partial charge in [-0.05, 0) is 44.0 Å². The summed E-state index contributed by atoms with van der Waals surface area (Å²) in [6.07, 6.45) is 1.55. The van der Waals surface area contributed by atoms with E-state index < -0.39 is 18.4 Å². The highest BCUT2D eigenvalue weighted by atomic mass is 19.3. The van der Waals surface area contributed by atoms with Gasteiger partial charge in [0.2, 0.25) is 18.7 Å². The number of alkyl halides is 2. The minimum Gasteiger partial charge on any atom is -0.269 e. The number of nitrogens with zero attached hydrogens (tertiary/aromatic N) is 3. The van der Waals surface area contributed by atoms with Crippen molar-refractivity contribution in [3.05, 3.63) is 63.6 Å². The summed E-state index contributed by atoms with van der Waals surface area (Å²) in [6.45, 7) is 3.97. The summed E-state index contributed by atoms with van der Waals surface area (Å²) in [5.41, 5.74) is 3.12. The number of halogens is 3. The van der Waals surface area contributed by atoms with Crippen LogP contribution >= 0.6 is 0 Å². The number of rotatable bonds is 1. The molecule has 0 saturated carbocycles. The van der Waals surface area contributed by atoms with E-state index in [1.54, 1.807) is 13.1 Å². The Morgan fingerprint density at radius 3 is 2.35 bits per heavy atom. The first kappa shape index (κ1) is 16.8. The average molecular weight is 323 g/mol. The molecule has 0 aliphatic carbocycles. The van der Waals surface area contributed by atoms with Gasteiger partial charge in [0.05, 0.1) is 18.0 Å². The molecule has 0 atom stereocenters. The molecule has 0 fully saturated rings. The molecule has 0 bridgehead atoms. The maximum absolute atomic E-state index is 13.9. The Bertz CT molecular complexity index is 899. The van der Waals surface area contributed by atoms with Gasteiger partial charge in [0.15, 0.2) is 0 Å². The molecule has 0 N–H and O–H groups in total. The fraction of sp³-hybridized carbons (Fsp3) is 0.250. The Hall–Kier alpha value is -2.57. The third-order valence-corrected chi connectivity index (χ3v) is 3.54. The number of hydrogen-bond acceptors (Lipinski definition) is 2. The summed E-state index contributed by atoms with van der Waals surface area (Å²) in [4.78, 5) is 16.3. The van der Waals surface area contributed by atoms with Crippen LogP contribution in [0.15, 0.2) is 35.3 Å². The summed E-state index contributed by atoms with van der Waals surface area (Å²) >= 11 is 0. The van der Waals surface area contributed by atoms with E-state index in [0.29, 0.717) is 11.4 Å². The Morgan fingerprint density at radius 2 is 1.74 bits per heavy atom. The standard InChI is InChI=1S/C15H14FN3O.CH2F2/c1-9-4-5-12(6-10(9)2)19-14(20)7-13(16)18-11(3)8-17-15(18)19;2-1-3/h4-8H,1-3H3;1H2. The first-order valence-electron chi connectivity index (χ1n) is 6.86. The van der Waals surface area contributed by atoms with E-state index in [1.165, 1.54) is 8.97 Å². The Labute approximate surface area is 130 Å². The van der Waals surface area contributed by atoms with Crippen LogP contribution in [0.25, 0.3) is 11.5 Å². The predicted molar refractivity (Wildman–Crippen MR) is 82.0 cm³/mol. The van der Waals surface area contributed by atoms with Gasteiger partial charge in [-0.2, -0.15) is 4.39 Å². The molecule has 7 heteroatoms. The van der Waals surface area contributed by atoms with E-state index in [-0.39, 0.29) is 5.78 Å². The van der Waals surface area contributed by atoms with Gasteiger partial charge in [-0.15, -0.1) is 0 Å². The van der Waals surface area contributed by atoms with E-state index in [4.69, 9.17) is 0 Å². The van der Waals surface area contributed by atoms with Crippen LogP contribution in [0, 0.1) is 26.7 Å². The van der Waals surface area contributed by atoms with Crippen molar-refractivity contribution in [2.45, 2.75) is 20.8 Å². The Balaban J connectivity index is 0.000000595. The normalized spacial score (nSPS) is 10.5. The zero-order chi connectivity index (χ0) is 17.1. The van der Waals surface area contributed by atoms with Crippen LogP contribution in [0.3, 0.4) is 0 Å². The monoisotopic (exact) mass is 323 g/mol. The molecule has 0 aliphatic rings. The molecule has 3 rings (SSSR count). The maximum atomic E-state index is 13.9. The Kier molecular flexibility index (Phi) is 4.88. The predicted octanol–water partition coefficient (Wildman–Crippen LogP) is 3.43. The lowest BCUT2D eigenvalue weighted by atomic mass is 10.1. The largest absolute Gasteiger partial charge is 0.269 e. The second-order valence-electron chi connectivity index (χ2n) is 5.05. The highest BCUT2D eigenvalue weighted by Crippen LogP contribution is 2.16. The van der Waals surface area contributed by atoms with Gasteiger partial charge in [0.25, 0.3) is 5.56 Å². The van der Waals surface area contributed by atoms with Crippen molar-refractivity contribution < 1.29 is 13.2 Å². The molecule has 3 aromatic rings. The third kappa shape index (κ3) is 3.13. The number of aromatic nitrogens is 3. The van der Waals surface area contributed by atoms with Crippen LogP contribution in [-0.2, 0) is 0 Å². The molecule has 0 aliphatic heterocycles. The van der Waals surface area contributed by atoms with Crippen LogP contribution in [0.2, 0.25) is 0 Å². The average Bonchev–Trinajstić information content (AvgIpc) is 2.86. The second-order valence-corrected chi connectivity index (χ2v) is 5.05. The second kappa shape index (κ2) is 6.68. The van der Waals surface area contributed by atoms with Crippen LogP contribution in [0.5, 0.6) is 0 Å². The molecule has 0 radical (unpaired) electrons. The van der Waals surface area contributed by atoms with Gasteiger partial charge in [-0.3, -0.25) is 9.20 Å². The number of benzene rings is 1. The number of imidazole rings is 1. The van der Waals surface area contributed by atoms with E-state index in [9.17, 15) is 18.0 Å². The maximum Gasteiger partial charge on any atom is 0.262 e. The SMILES string of the molecule is Cc1ccc(-n2c(=O)cc(F)n3c(C)cnc23)cc1C.FCF. The highest BCUT2D eigenvalue weighted by molar-refractivity contribution is 5.47. The number of aryl methyl sites for hydroxylation is 3. The topological polar surface area (TPSA) is 39.3 Å². The molecule has 23 heavy (non-hydrogen) atoms. The zero-order valence-electron chi connectivity index (χ0n) is 13.0. The lowest BCUT2D eigenvalue weighted by molar-refractivity contribution is 0.295. The van der Waals surface area contributed by atoms with Gasteiger partial charge in [0, 0.05) is 5.69 Å². The van der Waals surface area contributed by atoms with Gasteiger partial charge in [0.1, 0.15) is 0 Å². The summed E-state index contributed by atoms with van der Waals surface area (Å²) in [7, 11) is 0. The molecule has 1 aromatic carbocycles. The number of fused-ring (bicyclic) bond motifs is 1. The first-order chi connectivity index (χ1) is 10.9. The summed E-state index contributed by atoms with van der Waals surface area (Å²) in [5.74, 6) is -0.309. The first-order valence-corrected chi connectivity index (χ1v) is 6.86. The van der Waals surface area contributed by atoms with Gasteiger partial charge >= 0.3 is 0 Å². The lowest BCUT2D eigenvalue weighted by Crippen LogP contribution is -2.22. The molecule has 4 nitrogen and oxygen atoms in total. The van der Waals surface area contributed by atoms with Crippen LogP contribution < -0.4 is 5.56 Å². The van der Waals surface area contributed by atoms with Crippen molar-refractivity contribution in [2.24, 2.45) is 0 Å². The zero-order valence-corrected chi connectivity index (χ0v) is 13.0. The molecule has 0 saturated heterocycles. The Morgan fingerprint density at radius 1 is 1.09 bits per heavy atom. The van der Waals surface area contributed by atoms with Gasteiger partial charge < -0.3 is 0 Å². The van der Waals surface area contributed by atoms with Gasteiger partial charge in [-0.25, -0.2) is 18.3 Å². The fourth-order valence-electron chi connectivity index (χ4n) is 2.28. The highest BCUT2D eigenvalue weighted by Gasteiger charge is 2.13. The molecule has 0 spiro atoms. The van der Waals surface area contributed by atoms with Crippen LogP contribution in [0.1, 0.15) is 16.8 Å². The lowest BCUT2D eigenvalue weighted by Gasteiger charge is -2.10. The molecule has 2 heterocycles. The van der Waals surface area contributed by atoms with Crippen molar-refractivity contribution in [2.75, 3.05) is 6.93 Å². The molecular formula is C16H16F3N3O. The van der Waals surface area contributed by atoms with E-state index in [2.05, 4.69) is 4.98 Å². The molecule has 2 aromatic heterocycles. The quantitative estimate of drug-likeness (QED) is 0.644. The van der Waals surface area contributed by atoms with E-state index in [0.717, 1.165) is 17.2 Å². The minimum atomic E-state index is -1.75. The fourth-order valence-corrected chi connectivity index (χ4v) is 2.28. The molecule has 122 valence electrons. The third-order valence-electron chi connectivity index (χ3n) is 3.54. The smallest absolute Gasteiger partial charge is 0.262 e. The van der Waals surface area contributed by atoms with Crippen molar-refractivity contribution in [1.82, 2.24) is 14.0 Å². The van der Waals surface area contributed by atoms with E-state index >= 15 is 0 Å². The summed E-state index contributed by atoms with van der Waals surface area (Å²) in [5, 5.41) is 0. The van der Waals surface area contributed by atoms with Crippen molar-refractivity contribution in [3.8, 4) is 5.69 Å². The van der Waals surface area contributed by atoms with Gasteiger partial charge in [-0.1, -0.05) is 6.07 Å². The van der Waals surface area contributed by atoms with Crippen molar-refractivity contribution in [3.63, 3.8) is 0 Å². The van der Waals surface area contributed by atoms with Crippen molar-refractivity contribution >= 4 is 5.78 Å². The van der Waals surface area contributed by atoms with E-state index in [1.807, 2.05) is 32.0 Å². The summed E-state index contributed by atoms with van der Waals surface area (Å²) < 4.78 is 35.9. The molecule has 0 amide bonds. The van der Waals surface area contributed by atoms with Crippen LogP contribution in [-0.4, -0.2) is 20.9 Å². The van der Waals surface area contributed by atoms with Crippen LogP contribution in [0.4, 0.5) is 13.2 Å². The summed E-state index contributed by atoms with van der Waals surface area (Å²) in [6, 6.07) is 6.66. The molecular weight excluding hydrogens is 307 g/mol. The molecule has 0 unspecified atom stereocenters. The minimum absolute atomic E-state index is 0.288. The van der Waals surface area contributed by atoms with Crippen molar-refractivity contribution in [1.29, 1.82) is 0 Å².